The van der Waals surface area contributed by atoms with Gasteiger partial charge in [-0.1, -0.05) is 48.0 Å². The number of halogens is 4. The molecule has 152 valence electrons. The molecule has 0 fully saturated rings. The molecule has 2 N–H and O–H groups in total. The third kappa shape index (κ3) is 3.97. The second-order valence-corrected chi connectivity index (χ2v) is 8.03. The summed E-state index contributed by atoms with van der Waals surface area (Å²) in [6.45, 7) is 0.248. The minimum absolute atomic E-state index is 0.00429. The molecule has 2 aromatic heterocycles. The van der Waals surface area contributed by atoms with E-state index in [4.69, 9.17) is 11.6 Å². The van der Waals surface area contributed by atoms with Gasteiger partial charge in [-0.05, 0) is 17.0 Å². The Balaban J connectivity index is 1.65. The highest BCUT2D eigenvalue weighted by Gasteiger charge is 2.47. The molecule has 1 aliphatic heterocycles. The van der Waals surface area contributed by atoms with Crippen LogP contribution in [-0.2, 0) is 6.54 Å². The first-order valence-electron chi connectivity index (χ1n) is 8.81. The average Bonchev–Trinajstić information content (AvgIpc) is 3.33. The van der Waals surface area contributed by atoms with Gasteiger partial charge in [-0.2, -0.15) is 18.3 Å². The van der Waals surface area contributed by atoms with Gasteiger partial charge in [0.05, 0.1) is 12.6 Å². The Kier molecular flexibility index (Phi) is 5.26. The summed E-state index contributed by atoms with van der Waals surface area (Å²) < 4.78 is 42.0. The Morgan fingerprint density at radius 1 is 1.28 bits per heavy atom. The topological polar surface area (TPSA) is 59.0 Å². The molecule has 0 spiro atoms. The number of fused-ring (bicyclic) bond motifs is 1. The maximum atomic E-state index is 13.8. The molecule has 10 heteroatoms. The fraction of sp³-hybridized carbons (Fsp3) is 0.263. The number of rotatable bonds is 4. The molecular weight excluding hydrogens is 425 g/mol. The van der Waals surface area contributed by atoms with Crippen LogP contribution in [0.3, 0.4) is 0 Å². The molecule has 0 saturated carbocycles. The second-order valence-electron chi connectivity index (χ2n) is 6.62. The van der Waals surface area contributed by atoms with Crippen molar-refractivity contribution in [2.45, 2.75) is 31.2 Å². The lowest BCUT2D eigenvalue weighted by atomic mass is 9.97. The Morgan fingerprint density at radius 3 is 2.69 bits per heavy atom. The Bertz CT molecular complexity index is 1000. The highest BCUT2D eigenvalue weighted by Crippen LogP contribution is 2.46. The molecule has 0 radical (unpaired) electrons. The summed E-state index contributed by atoms with van der Waals surface area (Å²) in [5, 5.41) is 11.3. The van der Waals surface area contributed by atoms with E-state index in [1.807, 2.05) is 17.5 Å². The lowest BCUT2D eigenvalue weighted by Crippen LogP contribution is -2.35. The van der Waals surface area contributed by atoms with Crippen molar-refractivity contribution in [1.29, 1.82) is 0 Å². The van der Waals surface area contributed by atoms with Crippen molar-refractivity contribution in [2.75, 3.05) is 5.32 Å². The molecule has 5 nitrogen and oxygen atoms in total. The van der Waals surface area contributed by atoms with Crippen molar-refractivity contribution in [2.24, 2.45) is 0 Å². The summed E-state index contributed by atoms with van der Waals surface area (Å²) in [5.41, 5.74) is 0.475. The van der Waals surface area contributed by atoms with E-state index in [9.17, 15) is 18.0 Å². The van der Waals surface area contributed by atoms with Crippen LogP contribution in [0, 0.1) is 0 Å². The van der Waals surface area contributed by atoms with Crippen molar-refractivity contribution in [3.63, 3.8) is 0 Å². The number of aromatic nitrogens is 2. The number of alkyl halides is 3. The van der Waals surface area contributed by atoms with E-state index in [2.05, 4.69) is 15.7 Å². The predicted octanol–water partition coefficient (Wildman–Crippen LogP) is 5.19. The maximum absolute atomic E-state index is 13.8. The smallest absolute Gasteiger partial charge is 0.362 e. The molecule has 1 aliphatic rings. The van der Waals surface area contributed by atoms with Gasteiger partial charge in [0.2, 0.25) is 0 Å². The molecule has 0 aliphatic carbocycles. The van der Waals surface area contributed by atoms with Crippen molar-refractivity contribution >= 4 is 34.7 Å². The van der Waals surface area contributed by atoms with E-state index >= 15 is 0 Å². The Labute approximate surface area is 173 Å². The Hall–Kier alpha value is -2.52. The first kappa shape index (κ1) is 19.8. The van der Waals surface area contributed by atoms with Crippen molar-refractivity contribution < 1.29 is 18.0 Å². The predicted molar refractivity (Wildman–Crippen MR) is 105 cm³/mol. The summed E-state index contributed by atoms with van der Waals surface area (Å²) >= 11 is 7.75. The van der Waals surface area contributed by atoms with Crippen LogP contribution in [0.1, 0.15) is 39.4 Å². The monoisotopic (exact) mass is 440 g/mol. The van der Waals surface area contributed by atoms with Crippen LogP contribution in [0.4, 0.5) is 19.0 Å². The molecule has 29 heavy (non-hydrogen) atoms. The second kappa shape index (κ2) is 7.72. The lowest BCUT2D eigenvalue weighted by Gasteiger charge is -2.33. The fourth-order valence-electron chi connectivity index (χ4n) is 3.30. The van der Waals surface area contributed by atoms with Crippen LogP contribution < -0.4 is 10.6 Å². The molecule has 3 heterocycles. The van der Waals surface area contributed by atoms with Gasteiger partial charge >= 0.3 is 6.18 Å². The standard InChI is InChI=1S/C19H16ClF3N4OS/c20-15-16(18(28)24-10-12-7-4-8-29-12)26-27-14(19(21,22)23)9-13(25-17(15)27)11-5-2-1-3-6-11/h1-8,13-14,25H,9-10H2,(H,24,28)/t13-,14-/m0/s1. The number of benzene rings is 1. The third-order valence-corrected chi connectivity index (χ3v) is 5.95. The van der Waals surface area contributed by atoms with Crippen molar-refractivity contribution in [3.8, 4) is 0 Å². The zero-order chi connectivity index (χ0) is 20.6. The summed E-state index contributed by atoms with van der Waals surface area (Å²) in [5.74, 6) is -0.625. The van der Waals surface area contributed by atoms with Crippen LogP contribution in [0.2, 0.25) is 5.02 Å². The quantitative estimate of drug-likeness (QED) is 0.587. The largest absolute Gasteiger partial charge is 0.410 e. The number of thiophene rings is 1. The Morgan fingerprint density at radius 2 is 2.03 bits per heavy atom. The number of nitrogens with zero attached hydrogens (tertiary/aromatic N) is 2. The molecule has 1 aromatic carbocycles. The summed E-state index contributed by atoms with van der Waals surface area (Å²) in [4.78, 5) is 13.4. The summed E-state index contributed by atoms with van der Waals surface area (Å²) in [7, 11) is 0. The molecule has 0 bridgehead atoms. The molecule has 3 aromatic rings. The van der Waals surface area contributed by atoms with Gasteiger partial charge in [-0.3, -0.25) is 4.79 Å². The summed E-state index contributed by atoms with van der Waals surface area (Å²) in [6, 6.07) is 10.0. The van der Waals surface area contributed by atoms with Crippen LogP contribution >= 0.6 is 22.9 Å². The third-order valence-electron chi connectivity index (χ3n) is 4.72. The zero-order valence-corrected chi connectivity index (χ0v) is 16.5. The lowest BCUT2D eigenvalue weighted by molar-refractivity contribution is -0.173. The number of hydrogen-bond acceptors (Lipinski definition) is 4. The van der Waals surface area contributed by atoms with Crippen molar-refractivity contribution in [1.82, 2.24) is 15.1 Å². The van der Waals surface area contributed by atoms with Crippen LogP contribution in [0.15, 0.2) is 47.8 Å². The van der Waals surface area contributed by atoms with Crippen LogP contribution in [-0.4, -0.2) is 21.9 Å². The number of amides is 1. The highest BCUT2D eigenvalue weighted by atomic mass is 35.5. The number of nitrogens with one attached hydrogen (secondary N) is 2. The molecule has 0 unspecified atom stereocenters. The van der Waals surface area contributed by atoms with E-state index < -0.39 is 24.2 Å². The molecule has 4 rings (SSSR count). The molecule has 0 saturated heterocycles. The maximum Gasteiger partial charge on any atom is 0.410 e. The highest BCUT2D eigenvalue weighted by molar-refractivity contribution is 7.09. The fourth-order valence-corrected chi connectivity index (χ4v) is 4.21. The van der Waals surface area contributed by atoms with Crippen molar-refractivity contribution in [3.05, 3.63) is 69.0 Å². The number of carbonyl (C=O) groups excluding carboxylic acids is 1. The van der Waals surface area contributed by atoms with E-state index in [0.717, 1.165) is 9.56 Å². The molecular formula is C19H16ClF3N4OS. The van der Waals surface area contributed by atoms with E-state index in [1.54, 1.807) is 30.3 Å². The van der Waals surface area contributed by atoms with Gasteiger partial charge in [0, 0.05) is 11.3 Å². The van der Waals surface area contributed by atoms with E-state index in [0.29, 0.717) is 5.56 Å². The minimum atomic E-state index is -4.54. The van der Waals surface area contributed by atoms with Crippen LogP contribution in [0.25, 0.3) is 0 Å². The van der Waals surface area contributed by atoms with Gasteiger partial charge in [0.1, 0.15) is 10.8 Å². The summed E-state index contributed by atoms with van der Waals surface area (Å²) in [6.07, 6.45) is -4.79. The first-order chi connectivity index (χ1) is 13.8. The normalized spacial score (nSPS) is 18.8. The van der Waals surface area contributed by atoms with Gasteiger partial charge in [-0.15, -0.1) is 11.3 Å². The van der Waals surface area contributed by atoms with Gasteiger partial charge < -0.3 is 10.6 Å². The minimum Gasteiger partial charge on any atom is -0.362 e. The van der Waals surface area contributed by atoms with Crippen LogP contribution in [0.5, 0.6) is 0 Å². The number of carbonyl (C=O) groups is 1. The zero-order valence-electron chi connectivity index (χ0n) is 14.9. The van der Waals surface area contributed by atoms with Gasteiger partial charge in [0.15, 0.2) is 11.7 Å². The van der Waals surface area contributed by atoms with E-state index in [-0.39, 0.29) is 29.5 Å². The SMILES string of the molecule is O=C(NCc1cccs1)c1nn2c(c1Cl)N[C@H](c1ccccc1)C[C@H]2C(F)(F)F. The average molecular weight is 441 g/mol. The molecule has 2 atom stereocenters. The first-order valence-corrected chi connectivity index (χ1v) is 10.1. The van der Waals surface area contributed by atoms with E-state index in [1.165, 1.54) is 11.3 Å². The number of anilines is 1. The number of hydrogen-bond donors (Lipinski definition) is 2. The van der Waals surface area contributed by atoms with Gasteiger partial charge in [0.25, 0.3) is 5.91 Å². The molecule has 1 amide bonds. The van der Waals surface area contributed by atoms with Gasteiger partial charge in [-0.25, -0.2) is 4.68 Å².